The third-order valence-corrected chi connectivity index (χ3v) is 4.35. The van der Waals surface area contributed by atoms with Crippen molar-refractivity contribution in [2.24, 2.45) is 0 Å². The Morgan fingerprint density at radius 1 is 1.17 bits per heavy atom. The van der Waals surface area contributed by atoms with Crippen LogP contribution < -0.4 is 5.32 Å². The van der Waals surface area contributed by atoms with Crippen LogP contribution in [0.4, 0.5) is 5.82 Å². The third kappa shape index (κ3) is 3.68. The second kappa shape index (κ2) is 7.23. The fourth-order valence-electron chi connectivity index (χ4n) is 3.22. The minimum atomic E-state index is 0.108. The predicted octanol–water partition coefficient (Wildman–Crippen LogP) is 4.12. The van der Waals surface area contributed by atoms with E-state index in [9.17, 15) is 0 Å². The van der Waals surface area contributed by atoms with Gasteiger partial charge in [0.1, 0.15) is 11.6 Å². The second-order valence-corrected chi connectivity index (χ2v) is 6.06. The molecule has 0 radical (unpaired) electrons. The second-order valence-electron chi connectivity index (χ2n) is 6.06. The molecule has 4 heteroatoms. The highest BCUT2D eigenvalue weighted by Gasteiger charge is 2.19. The molecule has 0 spiro atoms. The van der Waals surface area contributed by atoms with E-state index in [-0.39, 0.29) is 6.04 Å². The first-order valence-corrected chi connectivity index (χ1v) is 8.32. The predicted molar refractivity (Wildman–Crippen MR) is 91.1 cm³/mol. The standard InChI is InChI=1S/C19H22N4/c1-14-21-18-11-6-5-10-16(18)19(22-14)23-17(12-7-13-20)15-8-3-2-4-9-15/h2-4,8-9,17H,5-7,10-12H2,1H3,(H,21,22,23). The summed E-state index contributed by atoms with van der Waals surface area (Å²) in [5.74, 6) is 1.78. The number of nitrogens with zero attached hydrogens (tertiary/aromatic N) is 3. The maximum atomic E-state index is 8.96. The molecule has 118 valence electrons. The summed E-state index contributed by atoms with van der Waals surface area (Å²) in [5.41, 5.74) is 3.65. The lowest BCUT2D eigenvalue weighted by molar-refractivity contribution is 0.650. The van der Waals surface area contributed by atoms with Gasteiger partial charge in [-0.15, -0.1) is 0 Å². The monoisotopic (exact) mass is 306 g/mol. The zero-order valence-corrected chi connectivity index (χ0v) is 13.5. The van der Waals surface area contributed by atoms with Gasteiger partial charge in [0.25, 0.3) is 0 Å². The number of nitrogens with one attached hydrogen (secondary N) is 1. The molecule has 0 bridgehead atoms. The van der Waals surface area contributed by atoms with Gasteiger partial charge in [-0.25, -0.2) is 9.97 Å². The summed E-state index contributed by atoms with van der Waals surface area (Å²) in [4.78, 5) is 9.27. The summed E-state index contributed by atoms with van der Waals surface area (Å²) in [7, 11) is 0. The largest absolute Gasteiger partial charge is 0.363 e. The van der Waals surface area contributed by atoms with Crippen LogP contribution in [0.3, 0.4) is 0 Å². The van der Waals surface area contributed by atoms with Crippen molar-refractivity contribution in [2.45, 2.75) is 51.5 Å². The van der Waals surface area contributed by atoms with E-state index < -0.39 is 0 Å². The summed E-state index contributed by atoms with van der Waals surface area (Å²) >= 11 is 0. The average Bonchev–Trinajstić information content (AvgIpc) is 2.59. The zero-order chi connectivity index (χ0) is 16.1. The van der Waals surface area contributed by atoms with Gasteiger partial charge in [0.2, 0.25) is 0 Å². The van der Waals surface area contributed by atoms with Crippen LogP contribution in [0.1, 0.15) is 54.4 Å². The molecule has 2 aromatic rings. The highest BCUT2D eigenvalue weighted by Crippen LogP contribution is 2.29. The van der Waals surface area contributed by atoms with Crippen molar-refractivity contribution < 1.29 is 0 Å². The van der Waals surface area contributed by atoms with Crippen LogP contribution in [-0.2, 0) is 12.8 Å². The minimum absolute atomic E-state index is 0.108. The Hall–Kier alpha value is -2.41. The molecule has 1 aromatic carbocycles. The molecule has 23 heavy (non-hydrogen) atoms. The maximum Gasteiger partial charge on any atom is 0.133 e. The summed E-state index contributed by atoms with van der Waals surface area (Å²) in [6, 6.07) is 12.7. The molecular weight excluding hydrogens is 284 g/mol. The molecule has 4 nitrogen and oxygen atoms in total. The SMILES string of the molecule is Cc1nc2c(c(NC(CCC#N)c3ccccc3)n1)CCCC2. The Bertz CT molecular complexity index is 703. The highest BCUT2D eigenvalue weighted by molar-refractivity contribution is 5.49. The molecule has 0 amide bonds. The van der Waals surface area contributed by atoms with Gasteiger partial charge in [0.05, 0.1) is 12.1 Å². The summed E-state index contributed by atoms with van der Waals surface area (Å²) in [6.07, 6.45) is 5.79. The molecule has 1 N–H and O–H groups in total. The van der Waals surface area contributed by atoms with E-state index in [0.29, 0.717) is 6.42 Å². The topological polar surface area (TPSA) is 61.6 Å². The maximum absolute atomic E-state index is 8.96. The number of anilines is 1. The van der Waals surface area contributed by atoms with E-state index in [1.807, 2.05) is 25.1 Å². The number of hydrogen-bond acceptors (Lipinski definition) is 4. The highest BCUT2D eigenvalue weighted by atomic mass is 15.1. The van der Waals surface area contributed by atoms with Crippen LogP contribution in [-0.4, -0.2) is 9.97 Å². The number of benzene rings is 1. The van der Waals surface area contributed by atoms with Crippen LogP contribution in [0.15, 0.2) is 30.3 Å². The lowest BCUT2D eigenvalue weighted by atomic mass is 9.95. The lowest BCUT2D eigenvalue weighted by Crippen LogP contribution is -2.17. The Morgan fingerprint density at radius 3 is 2.74 bits per heavy atom. The molecule has 0 aliphatic heterocycles. The van der Waals surface area contributed by atoms with E-state index in [1.165, 1.54) is 29.7 Å². The van der Waals surface area contributed by atoms with E-state index in [1.54, 1.807) is 0 Å². The quantitative estimate of drug-likeness (QED) is 0.902. The average molecular weight is 306 g/mol. The van der Waals surface area contributed by atoms with Crippen LogP contribution in [0, 0.1) is 18.3 Å². The Morgan fingerprint density at radius 2 is 1.96 bits per heavy atom. The molecule has 1 heterocycles. The fourth-order valence-corrected chi connectivity index (χ4v) is 3.22. The van der Waals surface area contributed by atoms with Crippen LogP contribution >= 0.6 is 0 Å². The molecule has 0 saturated heterocycles. The number of hydrogen-bond donors (Lipinski definition) is 1. The van der Waals surface area contributed by atoms with Crippen molar-refractivity contribution in [1.82, 2.24) is 9.97 Å². The third-order valence-electron chi connectivity index (χ3n) is 4.35. The van der Waals surface area contributed by atoms with Crippen molar-refractivity contribution in [1.29, 1.82) is 5.26 Å². The van der Waals surface area contributed by atoms with Crippen LogP contribution in [0.2, 0.25) is 0 Å². The first-order valence-electron chi connectivity index (χ1n) is 8.32. The van der Waals surface area contributed by atoms with E-state index in [0.717, 1.165) is 30.9 Å². The summed E-state index contributed by atoms with van der Waals surface area (Å²) < 4.78 is 0. The summed E-state index contributed by atoms with van der Waals surface area (Å²) in [6.45, 7) is 1.95. The van der Waals surface area contributed by atoms with E-state index in [4.69, 9.17) is 5.26 Å². The number of rotatable bonds is 5. The number of fused-ring (bicyclic) bond motifs is 1. The molecule has 1 aliphatic carbocycles. The Labute approximate surface area is 137 Å². The molecule has 1 aliphatic rings. The zero-order valence-electron chi connectivity index (χ0n) is 13.5. The Kier molecular flexibility index (Phi) is 4.87. The van der Waals surface area contributed by atoms with Gasteiger partial charge in [-0.1, -0.05) is 30.3 Å². The fraction of sp³-hybridized carbons (Fsp3) is 0.421. The molecule has 1 aromatic heterocycles. The number of aryl methyl sites for hydroxylation is 2. The van der Waals surface area contributed by atoms with Gasteiger partial charge in [0.15, 0.2) is 0 Å². The van der Waals surface area contributed by atoms with Gasteiger partial charge >= 0.3 is 0 Å². The lowest BCUT2D eigenvalue weighted by Gasteiger charge is -2.24. The van der Waals surface area contributed by atoms with Crippen molar-refractivity contribution in [2.75, 3.05) is 5.32 Å². The molecule has 0 saturated carbocycles. The van der Waals surface area contributed by atoms with Crippen molar-refractivity contribution in [3.8, 4) is 6.07 Å². The van der Waals surface area contributed by atoms with Crippen molar-refractivity contribution in [3.05, 3.63) is 53.0 Å². The number of nitriles is 1. The molecule has 1 atom stereocenters. The first kappa shape index (κ1) is 15.5. The smallest absolute Gasteiger partial charge is 0.133 e. The Balaban J connectivity index is 1.91. The molecule has 0 fully saturated rings. The molecule has 3 rings (SSSR count). The van der Waals surface area contributed by atoms with Gasteiger partial charge in [-0.2, -0.15) is 5.26 Å². The molecule has 1 unspecified atom stereocenters. The van der Waals surface area contributed by atoms with Gasteiger partial charge in [-0.3, -0.25) is 0 Å². The van der Waals surface area contributed by atoms with Gasteiger partial charge in [0, 0.05) is 17.7 Å². The normalized spacial score (nSPS) is 14.6. The van der Waals surface area contributed by atoms with E-state index in [2.05, 4.69) is 33.5 Å². The van der Waals surface area contributed by atoms with Gasteiger partial charge in [-0.05, 0) is 44.6 Å². The van der Waals surface area contributed by atoms with Crippen LogP contribution in [0.5, 0.6) is 0 Å². The van der Waals surface area contributed by atoms with Crippen molar-refractivity contribution >= 4 is 5.82 Å². The minimum Gasteiger partial charge on any atom is -0.363 e. The van der Waals surface area contributed by atoms with Crippen molar-refractivity contribution in [3.63, 3.8) is 0 Å². The van der Waals surface area contributed by atoms with E-state index >= 15 is 0 Å². The molecular formula is C19H22N4. The van der Waals surface area contributed by atoms with Gasteiger partial charge < -0.3 is 5.32 Å². The van der Waals surface area contributed by atoms with Crippen LogP contribution in [0.25, 0.3) is 0 Å². The summed E-state index contributed by atoms with van der Waals surface area (Å²) in [5, 5.41) is 12.6. The number of aromatic nitrogens is 2. The first-order chi connectivity index (χ1) is 11.3.